The summed E-state index contributed by atoms with van der Waals surface area (Å²) in [6.45, 7) is 5.83. The molecule has 7 nitrogen and oxygen atoms in total. The van der Waals surface area contributed by atoms with E-state index in [0.29, 0.717) is 5.75 Å². The number of hydrogen-bond acceptors (Lipinski definition) is 5. The van der Waals surface area contributed by atoms with Crippen molar-refractivity contribution in [2.24, 2.45) is 0 Å². The van der Waals surface area contributed by atoms with Crippen LogP contribution < -0.4 is 10.1 Å². The average Bonchev–Trinajstić information content (AvgIpc) is 2.94. The predicted molar refractivity (Wildman–Crippen MR) is 100 cm³/mol. The molecule has 0 spiro atoms. The van der Waals surface area contributed by atoms with Crippen LogP contribution in [0.4, 0.5) is 4.79 Å². The van der Waals surface area contributed by atoms with E-state index in [2.05, 4.69) is 15.2 Å². The number of nitrogens with zero attached hydrogens (tertiary/aromatic N) is 1. The molecule has 0 fully saturated rings. The maximum atomic E-state index is 12.2. The van der Waals surface area contributed by atoms with Crippen molar-refractivity contribution in [3.63, 3.8) is 0 Å². The zero-order chi connectivity index (χ0) is 19.3. The summed E-state index contributed by atoms with van der Waals surface area (Å²) in [6.07, 6.45) is 2.20. The molecular formula is C19H27N3O4. The normalized spacial score (nSPS) is 11.6. The molecular weight excluding hydrogens is 334 g/mol. The van der Waals surface area contributed by atoms with Crippen molar-refractivity contribution < 1.29 is 19.1 Å². The molecule has 1 aromatic carbocycles. The molecule has 0 aliphatic heterocycles. The summed E-state index contributed by atoms with van der Waals surface area (Å²) in [5, 5.41) is 3.55. The summed E-state index contributed by atoms with van der Waals surface area (Å²) in [6, 6.07) is 5.55. The van der Waals surface area contributed by atoms with Gasteiger partial charge in [0.15, 0.2) is 0 Å². The summed E-state index contributed by atoms with van der Waals surface area (Å²) in [5.74, 6) is 0.105. The Hall–Kier alpha value is -2.54. The molecule has 0 radical (unpaired) electrons. The fourth-order valence-corrected chi connectivity index (χ4v) is 2.69. The van der Waals surface area contributed by atoms with Gasteiger partial charge in [-0.15, -0.1) is 0 Å². The number of aromatic nitrogens is 1. The fraction of sp³-hybridized carbons (Fsp3) is 0.474. The Bertz CT molecular complexity index is 780. The Labute approximate surface area is 153 Å². The number of benzene rings is 1. The smallest absolute Gasteiger partial charge is 0.412 e. The number of hydrogen-bond donors (Lipinski definition) is 2. The Balaban J connectivity index is 2.08. The highest BCUT2D eigenvalue weighted by molar-refractivity contribution is 5.91. The van der Waals surface area contributed by atoms with Crippen molar-refractivity contribution in [1.82, 2.24) is 15.2 Å². The largest absolute Gasteiger partial charge is 0.458 e. The number of H-pyrrole nitrogens is 1. The van der Waals surface area contributed by atoms with Crippen LogP contribution >= 0.6 is 0 Å². The van der Waals surface area contributed by atoms with Gasteiger partial charge in [-0.3, -0.25) is 4.79 Å². The molecule has 1 aromatic heterocycles. The third-order valence-corrected chi connectivity index (χ3v) is 3.86. The Kier molecular flexibility index (Phi) is 6.26. The standard InChI is InChI=1S/C19H27N3O4/c1-13(23)26-19(2,3)12-21-18(24)25-16-8-6-7-15-17(16)14(11-20-15)9-10-22(4)5/h6-8,11,20H,9-10,12H2,1-5H3,(H,21,24). The molecule has 0 aliphatic carbocycles. The van der Waals surface area contributed by atoms with Gasteiger partial charge in [0.25, 0.3) is 0 Å². The summed E-state index contributed by atoms with van der Waals surface area (Å²) < 4.78 is 10.7. The highest BCUT2D eigenvalue weighted by Crippen LogP contribution is 2.29. The van der Waals surface area contributed by atoms with Gasteiger partial charge in [-0.2, -0.15) is 0 Å². The lowest BCUT2D eigenvalue weighted by Crippen LogP contribution is -2.42. The van der Waals surface area contributed by atoms with Crippen molar-refractivity contribution in [3.05, 3.63) is 30.0 Å². The maximum Gasteiger partial charge on any atom is 0.412 e. The van der Waals surface area contributed by atoms with E-state index < -0.39 is 17.7 Å². The molecule has 0 saturated heterocycles. The summed E-state index contributed by atoms with van der Waals surface area (Å²) >= 11 is 0. The van der Waals surface area contributed by atoms with Gasteiger partial charge in [-0.05, 0) is 52.1 Å². The first-order valence-electron chi connectivity index (χ1n) is 8.57. The summed E-state index contributed by atoms with van der Waals surface area (Å²) in [7, 11) is 4.04. The minimum atomic E-state index is -0.804. The molecule has 7 heteroatoms. The predicted octanol–water partition coefficient (Wildman–Crippen LogP) is 2.70. The lowest BCUT2D eigenvalue weighted by molar-refractivity contribution is -0.153. The third kappa shape index (κ3) is 5.49. The second-order valence-corrected chi connectivity index (χ2v) is 7.14. The van der Waals surface area contributed by atoms with E-state index >= 15 is 0 Å². The lowest BCUT2D eigenvalue weighted by Gasteiger charge is -2.24. The zero-order valence-corrected chi connectivity index (χ0v) is 16.0. The zero-order valence-electron chi connectivity index (χ0n) is 16.0. The van der Waals surface area contributed by atoms with Crippen molar-refractivity contribution in [1.29, 1.82) is 0 Å². The fourth-order valence-electron chi connectivity index (χ4n) is 2.69. The van der Waals surface area contributed by atoms with Crippen LogP contribution in [0.3, 0.4) is 0 Å². The molecule has 0 atom stereocenters. The van der Waals surface area contributed by atoms with Crippen molar-refractivity contribution in [3.8, 4) is 5.75 Å². The van der Waals surface area contributed by atoms with E-state index in [4.69, 9.17) is 9.47 Å². The van der Waals surface area contributed by atoms with Crippen LogP contribution in [-0.2, 0) is 16.0 Å². The van der Waals surface area contributed by atoms with Gasteiger partial charge >= 0.3 is 12.1 Å². The van der Waals surface area contributed by atoms with Crippen LogP contribution in [0.15, 0.2) is 24.4 Å². The highest BCUT2D eigenvalue weighted by atomic mass is 16.6. The minimum Gasteiger partial charge on any atom is -0.458 e. The molecule has 2 N–H and O–H groups in total. The topological polar surface area (TPSA) is 83.7 Å². The molecule has 0 saturated carbocycles. The number of carbonyl (C=O) groups excluding carboxylic acids is 2. The van der Waals surface area contributed by atoms with Gasteiger partial charge in [0.05, 0.1) is 6.54 Å². The van der Waals surface area contributed by atoms with E-state index in [9.17, 15) is 9.59 Å². The number of fused-ring (bicyclic) bond motifs is 1. The van der Waals surface area contributed by atoms with Crippen LogP contribution in [0.5, 0.6) is 5.75 Å². The van der Waals surface area contributed by atoms with Crippen LogP contribution in [0.1, 0.15) is 26.3 Å². The van der Waals surface area contributed by atoms with Gasteiger partial charge in [0.1, 0.15) is 11.4 Å². The maximum absolute atomic E-state index is 12.2. The molecule has 1 heterocycles. The van der Waals surface area contributed by atoms with Gasteiger partial charge in [-0.1, -0.05) is 6.07 Å². The monoisotopic (exact) mass is 361 g/mol. The Morgan fingerprint density at radius 1 is 1.27 bits per heavy atom. The Morgan fingerprint density at radius 2 is 2.00 bits per heavy atom. The first kappa shape index (κ1) is 19.8. The van der Waals surface area contributed by atoms with Crippen molar-refractivity contribution in [2.75, 3.05) is 27.2 Å². The molecule has 0 bridgehead atoms. The number of ether oxygens (including phenoxy) is 2. The van der Waals surface area contributed by atoms with Crippen LogP contribution in [0.2, 0.25) is 0 Å². The van der Waals surface area contributed by atoms with Gasteiger partial charge in [0, 0.05) is 30.6 Å². The number of nitrogens with one attached hydrogen (secondary N) is 2. The summed E-state index contributed by atoms with van der Waals surface area (Å²) in [5.41, 5.74) is 1.21. The second-order valence-electron chi connectivity index (χ2n) is 7.14. The molecule has 2 rings (SSSR count). The molecule has 2 aromatic rings. The number of carbonyl (C=O) groups is 2. The summed E-state index contributed by atoms with van der Waals surface area (Å²) in [4.78, 5) is 28.6. The van der Waals surface area contributed by atoms with Crippen LogP contribution in [0, 0.1) is 0 Å². The first-order chi connectivity index (χ1) is 12.2. The first-order valence-corrected chi connectivity index (χ1v) is 8.57. The SMILES string of the molecule is CC(=O)OC(C)(C)CNC(=O)Oc1cccc2[nH]cc(CCN(C)C)c12. The van der Waals surface area contributed by atoms with Gasteiger partial charge < -0.3 is 24.7 Å². The van der Waals surface area contributed by atoms with Gasteiger partial charge in [-0.25, -0.2) is 4.79 Å². The highest BCUT2D eigenvalue weighted by Gasteiger charge is 2.23. The van der Waals surface area contributed by atoms with E-state index in [1.807, 2.05) is 32.4 Å². The molecule has 26 heavy (non-hydrogen) atoms. The van der Waals surface area contributed by atoms with Crippen molar-refractivity contribution >= 4 is 23.0 Å². The minimum absolute atomic E-state index is 0.155. The molecule has 1 amide bonds. The van der Waals surface area contributed by atoms with Crippen LogP contribution in [-0.4, -0.2) is 54.7 Å². The molecule has 142 valence electrons. The number of likely N-dealkylation sites (N-methyl/N-ethyl adjacent to an activating group) is 1. The Morgan fingerprint density at radius 3 is 2.65 bits per heavy atom. The molecule has 0 aliphatic rings. The van der Waals surface area contributed by atoms with Crippen molar-refractivity contribution in [2.45, 2.75) is 32.8 Å². The van der Waals surface area contributed by atoms with Crippen LogP contribution in [0.25, 0.3) is 10.9 Å². The second kappa shape index (κ2) is 8.23. The van der Waals surface area contributed by atoms with E-state index in [-0.39, 0.29) is 6.54 Å². The number of aromatic amines is 1. The number of esters is 1. The van der Waals surface area contributed by atoms with E-state index in [0.717, 1.165) is 29.4 Å². The van der Waals surface area contributed by atoms with Gasteiger partial charge in [0.2, 0.25) is 0 Å². The molecule has 0 unspecified atom stereocenters. The number of rotatable bonds is 7. The number of amides is 1. The van der Waals surface area contributed by atoms with E-state index in [1.54, 1.807) is 19.9 Å². The average molecular weight is 361 g/mol. The third-order valence-electron chi connectivity index (χ3n) is 3.86. The lowest BCUT2D eigenvalue weighted by atomic mass is 10.1. The van der Waals surface area contributed by atoms with E-state index in [1.165, 1.54) is 6.92 Å². The quantitative estimate of drug-likeness (QED) is 0.741.